The predicted octanol–water partition coefficient (Wildman–Crippen LogP) is 0.318. The highest BCUT2D eigenvalue weighted by molar-refractivity contribution is 5.91. The predicted molar refractivity (Wildman–Crippen MR) is 38.5 cm³/mol. The fourth-order valence-electron chi connectivity index (χ4n) is 1.09. The number of hydrogen-bond acceptors (Lipinski definition) is 4. The maximum absolute atomic E-state index is 12.5. The number of halogens is 4. The molecule has 0 aromatic heterocycles. The summed E-state index contributed by atoms with van der Waals surface area (Å²) in [7, 11) is 0. The van der Waals surface area contributed by atoms with Crippen molar-refractivity contribution in [3.63, 3.8) is 0 Å². The first-order chi connectivity index (χ1) is 6.80. The third-order valence-corrected chi connectivity index (χ3v) is 1.79. The fraction of sp³-hybridized carbons (Fsp3) is 0.714. The third-order valence-electron chi connectivity index (χ3n) is 1.79. The molecule has 1 fully saturated rings. The lowest BCUT2D eigenvalue weighted by Crippen LogP contribution is -2.37. The Morgan fingerprint density at radius 3 is 2.33 bits per heavy atom. The molecule has 0 aromatic rings. The van der Waals surface area contributed by atoms with Crippen LogP contribution in [-0.4, -0.2) is 36.9 Å². The number of hydrogen-bond donors (Lipinski definition) is 1. The Hall–Kier alpha value is -1.18. The molecule has 1 saturated heterocycles. The van der Waals surface area contributed by atoms with Crippen molar-refractivity contribution in [3.8, 4) is 0 Å². The summed E-state index contributed by atoms with van der Waals surface area (Å²) < 4.78 is 51.0. The summed E-state index contributed by atoms with van der Waals surface area (Å²) in [6.45, 7) is -0.139. The Balaban J connectivity index is 2.46. The fourth-order valence-corrected chi connectivity index (χ4v) is 1.09. The SMILES string of the molecule is O=C(OC(=O)C(F)(F)F)[C@@H]1C[C@H](F)CN1. The third kappa shape index (κ3) is 3.15. The van der Waals surface area contributed by atoms with E-state index in [0.29, 0.717) is 0 Å². The van der Waals surface area contributed by atoms with Gasteiger partial charge >= 0.3 is 18.1 Å². The zero-order valence-electron chi connectivity index (χ0n) is 7.31. The van der Waals surface area contributed by atoms with Crippen molar-refractivity contribution in [2.75, 3.05) is 6.54 Å². The summed E-state index contributed by atoms with van der Waals surface area (Å²) >= 11 is 0. The molecule has 15 heavy (non-hydrogen) atoms. The van der Waals surface area contributed by atoms with E-state index in [2.05, 4.69) is 10.1 Å². The second-order valence-corrected chi connectivity index (χ2v) is 3.00. The Morgan fingerprint density at radius 2 is 1.93 bits per heavy atom. The second kappa shape index (κ2) is 4.13. The van der Waals surface area contributed by atoms with Gasteiger partial charge in [-0.05, 0) is 0 Å². The molecule has 0 spiro atoms. The maximum Gasteiger partial charge on any atom is 0.491 e. The van der Waals surface area contributed by atoms with E-state index in [1.54, 1.807) is 0 Å². The van der Waals surface area contributed by atoms with Crippen LogP contribution in [0.1, 0.15) is 6.42 Å². The first-order valence-electron chi connectivity index (χ1n) is 4.01. The van der Waals surface area contributed by atoms with Crippen molar-refractivity contribution in [2.24, 2.45) is 0 Å². The van der Waals surface area contributed by atoms with Gasteiger partial charge in [0.25, 0.3) is 0 Å². The lowest BCUT2D eigenvalue weighted by Gasteiger charge is -2.09. The second-order valence-electron chi connectivity index (χ2n) is 3.00. The van der Waals surface area contributed by atoms with Crippen LogP contribution >= 0.6 is 0 Å². The lowest BCUT2D eigenvalue weighted by atomic mass is 10.2. The van der Waals surface area contributed by atoms with Gasteiger partial charge in [-0.2, -0.15) is 13.2 Å². The molecule has 86 valence electrons. The molecule has 1 aliphatic heterocycles. The highest BCUT2D eigenvalue weighted by Gasteiger charge is 2.44. The van der Waals surface area contributed by atoms with E-state index in [0.717, 1.165) is 0 Å². The first-order valence-corrected chi connectivity index (χ1v) is 4.01. The molecule has 1 rings (SSSR count). The van der Waals surface area contributed by atoms with E-state index >= 15 is 0 Å². The number of alkyl halides is 4. The van der Waals surface area contributed by atoms with Crippen LogP contribution < -0.4 is 5.32 Å². The molecule has 4 nitrogen and oxygen atoms in total. The van der Waals surface area contributed by atoms with Crippen LogP contribution in [0, 0.1) is 0 Å². The lowest BCUT2D eigenvalue weighted by molar-refractivity contribution is -0.202. The van der Waals surface area contributed by atoms with Crippen LogP contribution in [0.4, 0.5) is 17.6 Å². The van der Waals surface area contributed by atoms with Gasteiger partial charge in [-0.1, -0.05) is 0 Å². The minimum Gasteiger partial charge on any atom is -0.385 e. The van der Waals surface area contributed by atoms with Gasteiger partial charge in [-0.15, -0.1) is 0 Å². The number of carbonyl (C=O) groups is 2. The number of nitrogens with one attached hydrogen (secondary N) is 1. The van der Waals surface area contributed by atoms with Gasteiger partial charge in [-0.3, -0.25) is 0 Å². The highest BCUT2D eigenvalue weighted by atomic mass is 19.4. The molecule has 0 saturated carbocycles. The summed E-state index contributed by atoms with van der Waals surface area (Å²) in [5, 5.41) is 2.29. The minimum atomic E-state index is -5.22. The van der Waals surface area contributed by atoms with Crippen molar-refractivity contribution in [3.05, 3.63) is 0 Å². The molecule has 0 unspecified atom stereocenters. The molecule has 0 aliphatic carbocycles. The van der Waals surface area contributed by atoms with E-state index in [4.69, 9.17) is 0 Å². The summed E-state index contributed by atoms with van der Waals surface area (Å²) in [5.74, 6) is -3.99. The van der Waals surface area contributed by atoms with Crippen LogP contribution in [0.3, 0.4) is 0 Å². The maximum atomic E-state index is 12.5. The largest absolute Gasteiger partial charge is 0.491 e. The number of ether oxygens (including phenoxy) is 1. The molecule has 1 heterocycles. The van der Waals surface area contributed by atoms with Crippen LogP contribution in [0.15, 0.2) is 0 Å². The van der Waals surface area contributed by atoms with Gasteiger partial charge < -0.3 is 10.1 Å². The minimum absolute atomic E-state index is 0.139. The van der Waals surface area contributed by atoms with E-state index in [-0.39, 0.29) is 13.0 Å². The highest BCUT2D eigenvalue weighted by Crippen LogP contribution is 2.18. The molecule has 0 aromatic carbocycles. The summed E-state index contributed by atoms with van der Waals surface area (Å²) in [6, 6.07) is -1.19. The van der Waals surface area contributed by atoms with Crippen molar-refractivity contribution in [2.45, 2.75) is 24.8 Å². The summed E-state index contributed by atoms with van der Waals surface area (Å²) in [4.78, 5) is 21.1. The van der Waals surface area contributed by atoms with Crippen LogP contribution in [0.25, 0.3) is 0 Å². The van der Waals surface area contributed by atoms with Crippen LogP contribution in [-0.2, 0) is 14.3 Å². The molecule has 0 amide bonds. The van der Waals surface area contributed by atoms with E-state index in [9.17, 15) is 27.2 Å². The monoisotopic (exact) mass is 229 g/mol. The Morgan fingerprint density at radius 1 is 1.33 bits per heavy atom. The first kappa shape index (κ1) is 11.9. The zero-order valence-corrected chi connectivity index (χ0v) is 7.31. The van der Waals surface area contributed by atoms with E-state index in [1.807, 2.05) is 0 Å². The summed E-state index contributed by atoms with van der Waals surface area (Å²) in [6.07, 6.45) is -6.82. The quantitative estimate of drug-likeness (QED) is 0.399. The molecule has 0 bridgehead atoms. The van der Waals surface area contributed by atoms with Gasteiger partial charge in [0.15, 0.2) is 0 Å². The van der Waals surface area contributed by atoms with Crippen molar-refractivity contribution in [1.29, 1.82) is 0 Å². The molecular formula is C7H7F4NO3. The molecule has 1 aliphatic rings. The van der Waals surface area contributed by atoms with Crippen molar-refractivity contribution >= 4 is 11.9 Å². The van der Waals surface area contributed by atoms with Gasteiger partial charge in [-0.25, -0.2) is 14.0 Å². The van der Waals surface area contributed by atoms with E-state index in [1.165, 1.54) is 0 Å². The zero-order chi connectivity index (χ0) is 11.6. The Labute approximate surface area is 81.6 Å². The molecular weight excluding hydrogens is 222 g/mol. The molecule has 8 heteroatoms. The topological polar surface area (TPSA) is 55.4 Å². The number of carbonyl (C=O) groups excluding carboxylic acids is 2. The summed E-state index contributed by atoms with van der Waals surface area (Å²) in [5.41, 5.74) is 0. The van der Waals surface area contributed by atoms with Crippen molar-refractivity contribution in [1.82, 2.24) is 5.32 Å². The Kier molecular flexibility index (Phi) is 3.28. The molecule has 1 N–H and O–H groups in total. The van der Waals surface area contributed by atoms with Crippen LogP contribution in [0.2, 0.25) is 0 Å². The number of rotatable bonds is 1. The molecule has 2 atom stereocenters. The van der Waals surface area contributed by atoms with Crippen LogP contribution in [0.5, 0.6) is 0 Å². The standard InChI is InChI=1S/C7H7F4NO3/c8-3-1-4(12-2-3)5(13)15-6(14)7(9,10)11/h3-4,12H,1-2H2/t3-,4-/m0/s1. The van der Waals surface area contributed by atoms with Gasteiger partial charge in [0, 0.05) is 13.0 Å². The molecule has 0 radical (unpaired) electrons. The van der Waals surface area contributed by atoms with Gasteiger partial charge in [0.05, 0.1) is 0 Å². The Bertz CT molecular complexity index is 278. The van der Waals surface area contributed by atoms with E-state index < -0.39 is 30.3 Å². The average molecular weight is 229 g/mol. The number of esters is 2. The van der Waals surface area contributed by atoms with Crippen molar-refractivity contribution < 1.29 is 31.9 Å². The van der Waals surface area contributed by atoms with Gasteiger partial charge in [0.1, 0.15) is 12.2 Å². The van der Waals surface area contributed by atoms with Gasteiger partial charge in [0.2, 0.25) is 0 Å². The smallest absolute Gasteiger partial charge is 0.385 e. The normalized spacial score (nSPS) is 26.4. The average Bonchev–Trinajstić information content (AvgIpc) is 2.50.